The summed E-state index contributed by atoms with van der Waals surface area (Å²) in [5.41, 5.74) is 7.07. The van der Waals surface area contributed by atoms with Crippen LogP contribution in [0.4, 0.5) is 5.13 Å². The standard InChI is InChI=1S/C13H21N3OS.ClH/c1-3-8(2)11(14)12(17)16-13-15-9-6-4-5-7-10(9)18-13;/h8,11H,3-7,14H2,1-2H3,(H,15,16,17);1H. The van der Waals surface area contributed by atoms with Crippen molar-refractivity contribution in [3.05, 3.63) is 10.6 Å². The van der Waals surface area contributed by atoms with Crippen LogP contribution >= 0.6 is 23.7 Å². The van der Waals surface area contributed by atoms with E-state index < -0.39 is 6.04 Å². The van der Waals surface area contributed by atoms with Gasteiger partial charge in [0, 0.05) is 4.88 Å². The van der Waals surface area contributed by atoms with E-state index in [1.54, 1.807) is 11.3 Å². The number of thiazole rings is 1. The molecule has 1 aromatic rings. The molecule has 1 amide bonds. The Morgan fingerprint density at radius 3 is 2.79 bits per heavy atom. The lowest BCUT2D eigenvalue weighted by Crippen LogP contribution is -2.40. The third-order valence-electron chi connectivity index (χ3n) is 3.64. The van der Waals surface area contributed by atoms with E-state index >= 15 is 0 Å². The van der Waals surface area contributed by atoms with Crippen molar-refractivity contribution in [1.29, 1.82) is 0 Å². The van der Waals surface area contributed by atoms with Crippen LogP contribution in [-0.2, 0) is 17.6 Å². The predicted molar refractivity (Wildman–Crippen MR) is 82.1 cm³/mol. The molecule has 3 N–H and O–H groups in total. The minimum atomic E-state index is -0.448. The molecule has 0 spiro atoms. The zero-order valence-electron chi connectivity index (χ0n) is 11.4. The van der Waals surface area contributed by atoms with Crippen molar-refractivity contribution in [2.24, 2.45) is 11.7 Å². The van der Waals surface area contributed by atoms with Crippen LogP contribution in [0.1, 0.15) is 43.7 Å². The van der Waals surface area contributed by atoms with Gasteiger partial charge in [-0.15, -0.1) is 23.7 Å². The Morgan fingerprint density at radius 2 is 2.16 bits per heavy atom. The lowest BCUT2D eigenvalue weighted by Gasteiger charge is -2.16. The average molecular weight is 304 g/mol. The van der Waals surface area contributed by atoms with E-state index in [2.05, 4.69) is 10.3 Å². The molecule has 6 heteroatoms. The average Bonchev–Trinajstić information content (AvgIpc) is 2.78. The van der Waals surface area contributed by atoms with Crippen LogP contribution in [0.5, 0.6) is 0 Å². The SMILES string of the molecule is CCC(C)C(N)C(=O)Nc1nc2c(s1)CCCC2.Cl. The van der Waals surface area contributed by atoms with E-state index in [-0.39, 0.29) is 24.2 Å². The fraction of sp³-hybridized carbons (Fsp3) is 0.692. The first-order valence-electron chi connectivity index (χ1n) is 6.66. The summed E-state index contributed by atoms with van der Waals surface area (Å²) in [6, 6.07) is -0.448. The Hall–Kier alpha value is -0.650. The summed E-state index contributed by atoms with van der Waals surface area (Å²) in [5.74, 6) is 0.0787. The number of aromatic nitrogens is 1. The quantitative estimate of drug-likeness (QED) is 0.898. The number of nitrogens with two attached hydrogens (primary N) is 1. The van der Waals surface area contributed by atoms with Gasteiger partial charge in [0.2, 0.25) is 5.91 Å². The third kappa shape index (κ3) is 3.91. The van der Waals surface area contributed by atoms with Gasteiger partial charge in [-0.3, -0.25) is 4.79 Å². The lowest BCUT2D eigenvalue weighted by molar-refractivity contribution is -0.118. The number of carbonyl (C=O) groups is 1. The first-order chi connectivity index (χ1) is 8.61. The predicted octanol–water partition coefficient (Wildman–Crippen LogP) is 2.76. The number of nitrogens with zero attached hydrogens (tertiary/aromatic N) is 1. The largest absolute Gasteiger partial charge is 0.320 e. The molecule has 2 atom stereocenters. The van der Waals surface area contributed by atoms with Gasteiger partial charge in [-0.05, 0) is 31.6 Å². The highest BCUT2D eigenvalue weighted by molar-refractivity contribution is 7.15. The number of nitrogens with one attached hydrogen (secondary N) is 1. The van der Waals surface area contributed by atoms with Crippen molar-refractivity contribution in [3.63, 3.8) is 0 Å². The van der Waals surface area contributed by atoms with Gasteiger partial charge < -0.3 is 11.1 Å². The number of hydrogen-bond acceptors (Lipinski definition) is 4. The summed E-state index contributed by atoms with van der Waals surface area (Å²) in [4.78, 5) is 17.8. The second-order valence-corrected chi connectivity index (χ2v) is 6.08. The van der Waals surface area contributed by atoms with Crippen LogP contribution in [0.2, 0.25) is 0 Å². The minimum Gasteiger partial charge on any atom is -0.320 e. The molecular weight excluding hydrogens is 282 g/mol. The fourth-order valence-corrected chi connectivity index (χ4v) is 3.16. The molecule has 0 bridgehead atoms. The molecular formula is C13H22ClN3OS. The van der Waals surface area contributed by atoms with Crippen molar-refractivity contribution in [2.45, 2.75) is 52.0 Å². The number of rotatable bonds is 4. The topological polar surface area (TPSA) is 68.0 Å². The Morgan fingerprint density at radius 1 is 1.47 bits per heavy atom. The highest BCUT2D eigenvalue weighted by atomic mass is 35.5. The summed E-state index contributed by atoms with van der Waals surface area (Å²) in [6.45, 7) is 4.04. The molecule has 0 aliphatic heterocycles. The summed E-state index contributed by atoms with van der Waals surface area (Å²) in [5, 5.41) is 3.57. The van der Waals surface area contributed by atoms with Gasteiger partial charge in [-0.2, -0.15) is 0 Å². The summed E-state index contributed by atoms with van der Waals surface area (Å²) >= 11 is 1.60. The monoisotopic (exact) mass is 303 g/mol. The number of fused-ring (bicyclic) bond motifs is 1. The lowest BCUT2D eigenvalue weighted by atomic mass is 10.00. The number of aryl methyl sites for hydroxylation is 2. The van der Waals surface area contributed by atoms with Gasteiger partial charge in [0.15, 0.2) is 5.13 Å². The van der Waals surface area contributed by atoms with Gasteiger partial charge in [-0.1, -0.05) is 20.3 Å². The van der Waals surface area contributed by atoms with Gasteiger partial charge in [0.25, 0.3) is 0 Å². The molecule has 0 saturated heterocycles. The molecule has 0 aromatic carbocycles. The van der Waals surface area contributed by atoms with E-state index in [4.69, 9.17) is 5.73 Å². The minimum absolute atomic E-state index is 0. The van der Waals surface area contributed by atoms with Crippen molar-refractivity contribution >= 4 is 34.8 Å². The third-order valence-corrected chi connectivity index (χ3v) is 4.71. The molecule has 108 valence electrons. The fourth-order valence-electron chi connectivity index (χ4n) is 2.11. The molecule has 4 nitrogen and oxygen atoms in total. The smallest absolute Gasteiger partial charge is 0.243 e. The second-order valence-electron chi connectivity index (χ2n) is 5.00. The molecule has 1 aromatic heterocycles. The van der Waals surface area contributed by atoms with Gasteiger partial charge in [0.05, 0.1) is 11.7 Å². The van der Waals surface area contributed by atoms with Crippen LogP contribution in [-0.4, -0.2) is 16.9 Å². The molecule has 1 heterocycles. The maximum atomic E-state index is 12.0. The van der Waals surface area contributed by atoms with Gasteiger partial charge >= 0.3 is 0 Å². The highest BCUT2D eigenvalue weighted by Crippen LogP contribution is 2.29. The molecule has 1 aliphatic carbocycles. The number of carbonyl (C=O) groups excluding carboxylic acids is 1. The van der Waals surface area contributed by atoms with E-state index in [0.29, 0.717) is 5.13 Å². The van der Waals surface area contributed by atoms with Crippen LogP contribution in [0.15, 0.2) is 0 Å². The Bertz CT molecular complexity index is 412. The van der Waals surface area contributed by atoms with Crippen molar-refractivity contribution in [2.75, 3.05) is 5.32 Å². The van der Waals surface area contributed by atoms with E-state index in [0.717, 1.165) is 19.3 Å². The molecule has 0 saturated carbocycles. The van der Waals surface area contributed by atoms with Crippen molar-refractivity contribution < 1.29 is 4.79 Å². The van der Waals surface area contributed by atoms with Crippen LogP contribution in [0.25, 0.3) is 0 Å². The zero-order chi connectivity index (χ0) is 13.1. The number of anilines is 1. The number of amides is 1. The van der Waals surface area contributed by atoms with E-state index in [9.17, 15) is 4.79 Å². The normalized spacial score (nSPS) is 17.0. The number of hydrogen-bond donors (Lipinski definition) is 2. The highest BCUT2D eigenvalue weighted by Gasteiger charge is 2.22. The molecule has 0 fully saturated rings. The van der Waals surface area contributed by atoms with Crippen LogP contribution < -0.4 is 11.1 Å². The Labute approximate surface area is 124 Å². The molecule has 2 rings (SSSR count). The Balaban J connectivity index is 0.00000180. The maximum Gasteiger partial charge on any atom is 0.243 e. The first kappa shape index (κ1) is 16.4. The van der Waals surface area contributed by atoms with Crippen LogP contribution in [0, 0.1) is 5.92 Å². The molecule has 19 heavy (non-hydrogen) atoms. The van der Waals surface area contributed by atoms with E-state index in [1.807, 2.05) is 13.8 Å². The molecule has 0 radical (unpaired) electrons. The zero-order valence-corrected chi connectivity index (χ0v) is 13.1. The molecule has 2 unspecified atom stereocenters. The first-order valence-corrected chi connectivity index (χ1v) is 7.48. The van der Waals surface area contributed by atoms with Crippen LogP contribution in [0.3, 0.4) is 0 Å². The van der Waals surface area contributed by atoms with Crippen molar-refractivity contribution in [3.8, 4) is 0 Å². The van der Waals surface area contributed by atoms with Gasteiger partial charge in [0.1, 0.15) is 0 Å². The second kappa shape index (κ2) is 7.22. The van der Waals surface area contributed by atoms with Crippen molar-refractivity contribution in [1.82, 2.24) is 4.98 Å². The maximum absolute atomic E-state index is 12.0. The van der Waals surface area contributed by atoms with Gasteiger partial charge in [-0.25, -0.2) is 4.98 Å². The number of halogens is 1. The van der Waals surface area contributed by atoms with E-state index in [1.165, 1.54) is 23.4 Å². The summed E-state index contributed by atoms with van der Waals surface area (Å²) in [7, 11) is 0. The summed E-state index contributed by atoms with van der Waals surface area (Å²) in [6.07, 6.45) is 5.48. The molecule has 1 aliphatic rings. The summed E-state index contributed by atoms with van der Waals surface area (Å²) < 4.78 is 0. The Kier molecular flexibility index (Phi) is 6.23.